The monoisotopic (exact) mass is 490 g/mol. The van der Waals surface area contributed by atoms with E-state index in [-0.39, 0.29) is 41.0 Å². The minimum atomic E-state index is -4.60. The van der Waals surface area contributed by atoms with Crippen LogP contribution in [0, 0.1) is 17.7 Å². The number of alkyl halides is 3. The summed E-state index contributed by atoms with van der Waals surface area (Å²) >= 11 is 0. The Balaban J connectivity index is 2.01. The van der Waals surface area contributed by atoms with Gasteiger partial charge in [0.05, 0.1) is 28.8 Å². The fourth-order valence-corrected chi connectivity index (χ4v) is 3.95. The smallest absolute Gasteiger partial charge is 0.355 e. The predicted octanol–water partition coefficient (Wildman–Crippen LogP) is 4.31. The number of anilines is 1. The van der Waals surface area contributed by atoms with Gasteiger partial charge < -0.3 is 10.2 Å². The van der Waals surface area contributed by atoms with E-state index < -0.39 is 29.4 Å². The summed E-state index contributed by atoms with van der Waals surface area (Å²) in [6.07, 6.45) is -2.77. The van der Waals surface area contributed by atoms with Gasteiger partial charge in [-0.2, -0.15) is 13.2 Å². The van der Waals surface area contributed by atoms with Gasteiger partial charge in [-0.3, -0.25) is 14.6 Å². The number of amides is 2. The maximum atomic E-state index is 13.8. The van der Waals surface area contributed by atoms with Gasteiger partial charge in [-0.25, -0.2) is 10.2 Å². The van der Waals surface area contributed by atoms with Crippen molar-refractivity contribution in [2.75, 3.05) is 18.6 Å². The molecule has 1 aliphatic heterocycles. The highest BCUT2D eigenvalue weighted by atomic mass is 19.4. The first-order valence-electron chi connectivity index (χ1n) is 10.9. The zero-order valence-electron chi connectivity index (χ0n) is 19.3. The van der Waals surface area contributed by atoms with Crippen molar-refractivity contribution in [1.82, 2.24) is 10.2 Å². The highest BCUT2D eigenvalue weighted by Gasteiger charge is 2.39. The lowest BCUT2D eigenvalue weighted by atomic mass is 9.92. The number of rotatable bonds is 7. The predicted molar refractivity (Wildman–Crippen MR) is 125 cm³/mol. The maximum absolute atomic E-state index is 13.8. The third kappa shape index (κ3) is 5.71. The molecule has 3 rings (SSSR count). The summed E-state index contributed by atoms with van der Waals surface area (Å²) in [5, 5.41) is 3.70. The van der Waals surface area contributed by atoms with E-state index >= 15 is 0 Å². The van der Waals surface area contributed by atoms with Crippen LogP contribution in [0.15, 0.2) is 66.9 Å². The van der Waals surface area contributed by atoms with Crippen molar-refractivity contribution >= 4 is 23.2 Å². The number of carbonyl (C=O) groups is 2. The molecule has 0 saturated carbocycles. The first kappa shape index (κ1) is 26.0. The molecule has 0 bridgehead atoms. The van der Waals surface area contributed by atoms with Crippen LogP contribution in [0.25, 0.3) is 5.70 Å². The van der Waals surface area contributed by atoms with E-state index in [4.69, 9.17) is 5.84 Å². The van der Waals surface area contributed by atoms with Gasteiger partial charge in [-0.1, -0.05) is 31.7 Å². The molecule has 6 nitrogen and oxygen atoms in total. The van der Waals surface area contributed by atoms with Gasteiger partial charge in [0.15, 0.2) is 0 Å². The van der Waals surface area contributed by atoms with E-state index in [1.54, 1.807) is 0 Å². The Hall–Kier alpha value is -3.66. The average molecular weight is 491 g/mol. The van der Waals surface area contributed by atoms with Gasteiger partial charge in [0.2, 0.25) is 11.8 Å². The van der Waals surface area contributed by atoms with Crippen molar-refractivity contribution in [3.63, 3.8) is 0 Å². The van der Waals surface area contributed by atoms with Crippen LogP contribution in [0.5, 0.6) is 0 Å². The lowest BCUT2D eigenvalue weighted by Crippen LogP contribution is -2.36. The zero-order valence-corrected chi connectivity index (χ0v) is 19.3. The third-order valence-corrected chi connectivity index (χ3v) is 5.97. The molecule has 2 amide bonds. The van der Waals surface area contributed by atoms with Gasteiger partial charge in [-0.05, 0) is 42.8 Å². The van der Waals surface area contributed by atoms with Crippen LogP contribution in [0.1, 0.15) is 24.5 Å². The summed E-state index contributed by atoms with van der Waals surface area (Å²) in [6.45, 7) is 5.88. The van der Waals surface area contributed by atoms with E-state index in [9.17, 15) is 27.2 Å². The molecule has 0 radical (unpaired) electrons. The lowest BCUT2D eigenvalue weighted by Gasteiger charge is -2.27. The molecule has 186 valence electrons. The summed E-state index contributed by atoms with van der Waals surface area (Å²) in [6, 6.07) is 9.71. The van der Waals surface area contributed by atoms with Crippen LogP contribution >= 0.6 is 0 Å². The van der Waals surface area contributed by atoms with Crippen LogP contribution < -0.4 is 16.2 Å². The normalized spacial score (nSPS) is 18.3. The molecular weight excluding hydrogens is 464 g/mol. The average Bonchev–Trinajstić information content (AvgIpc) is 3.20. The number of nitrogens with two attached hydrogens (primary N) is 1. The number of nitrogens with one attached hydrogen (secondary N) is 1. The summed E-state index contributed by atoms with van der Waals surface area (Å²) in [5.41, 5.74) is -0.461. The molecule has 0 spiro atoms. The second-order valence-electron chi connectivity index (χ2n) is 8.21. The molecule has 1 fully saturated rings. The number of carbonyl (C=O) groups excluding carboxylic acids is 2. The standard InChI is InChI=1S/C25H26F4N4O2/c1-4-20-21(14-31-23(20)34)24(35)32(3)15(2)11-22(33(30)19-10-6-9-18(26)13-19)16-7-5-8-17(12-16)25(27,28)29/h5-13,20-21H,2,4,14,30H2,1,3H3,(H,31,34)/b22-11-/t20-,21+/m1/s1. The Labute approximate surface area is 200 Å². The molecule has 3 N–H and O–H groups in total. The number of nitrogens with zero attached hydrogens (tertiary/aromatic N) is 2. The molecule has 2 aromatic carbocycles. The molecule has 2 aromatic rings. The van der Waals surface area contributed by atoms with E-state index in [0.29, 0.717) is 6.42 Å². The molecule has 1 saturated heterocycles. The van der Waals surface area contributed by atoms with Gasteiger partial charge in [0, 0.05) is 24.9 Å². The first-order chi connectivity index (χ1) is 16.4. The van der Waals surface area contributed by atoms with Crippen molar-refractivity contribution in [3.8, 4) is 0 Å². The Bertz CT molecular complexity index is 1160. The molecule has 1 heterocycles. The van der Waals surface area contributed by atoms with Crippen molar-refractivity contribution in [2.45, 2.75) is 19.5 Å². The number of halogens is 4. The molecular formula is C25H26F4N4O2. The van der Waals surface area contributed by atoms with Crippen LogP contribution in [-0.2, 0) is 15.8 Å². The lowest BCUT2D eigenvalue weighted by molar-refractivity contribution is -0.137. The minimum Gasteiger partial charge on any atom is -0.355 e. The third-order valence-electron chi connectivity index (χ3n) is 5.97. The number of hydrogen-bond acceptors (Lipinski definition) is 4. The summed E-state index contributed by atoms with van der Waals surface area (Å²) in [4.78, 5) is 26.3. The molecule has 1 aliphatic rings. The van der Waals surface area contributed by atoms with Gasteiger partial charge in [0.1, 0.15) is 5.82 Å². The summed E-state index contributed by atoms with van der Waals surface area (Å²) < 4.78 is 53.9. The number of hydrazine groups is 1. The Morgan fingerprint density at radius 3 is 2.54 bits per heavy atom. The van der Waals surface area contributed by atoms with Gasteiger partial charge >= 0.3 is 6.18 Å². The fourth-order valence-electron chi connectivity index (χ4n) is 3.95. The van der Waals surface area contributed by atoms with E-state index in [1.165, 1.54) is 48.4 Å². The fraction of sp³-hybridized carbons (Fsp3) is 0.280. The number of likely N-dealkylation sites (N-methyl/N-ethyl adjacent to an activating group) is 1. The Kier molecular flexibility index (Phi) is 7.64. The zero-order chi connectivity index (χ0) is 25.9. The SMILES string of the molecule is C=C(/C=C(/c1cccc(C(F)(F)F)c1)N(N)c1cccc(F)c1)N(C)C(=O)[C@H]1CNC(=O)[C@@H]1CC. The van der Waals surface area contributed by atoms with Crippen molar-refractivity contribution in [2.24, 2.45) is 17.7 Å². The molecule has 0 unspecified atom stereocenters. The second-order valence-corrected chi connectivity index (χ2v) is 8.21. The molecule has 10 heteroatoms. The van der Waals surface area contributed by atoms with Gasteiger partial charge in [0.25, 0.3) is 0 Å². The largest absolute Gasteiger partial charge is 0.416 e. The quantitative estimate of drug-likeness (QED) is 0.262. The topological polar surface area (TPSA) is 78.7 Å². The van der Waals surface area contributed by atoms with Gasteiger partial charge in [-0.15, -0.1) is 0 Å². The molecule has 35 heavy (non-hydrogen) atoms. The highest BCUT2D eigenvalue weighted by Crippen LogP contribution is 2.33. The number of benzene rings is 2. The van der Waals surface area contributed by atoms with Crippen LogP contribution in [-0.4, -0.2) is 30.3 Å². The van der Waals surface area contributed by atoms with Crippen molar-refractivity contribution in [3.05, 3.63) is 83.8 Å². The Morgan fingerprint density at radius 1 is 1.23 bits per heavy atom. The van der Waals surface area contributed by atoms with Crippen molar-refractivity contribution in [1.29, 1.82) is 0 Å². The van der Waals surface area contributed by atoms with Crippen molar-refractivity contribution < 1.29 is 27.2 Å². The van der Waals surface area contributed by atoms with Crippen LogP contribution in [0.4, 0.5) is 23.2 Å². The van der Waals surface area contributed by atoms with E-state index in [1.807, 2.05) is 6.92 Å². The number of allylic oxidation sites excluding steroid dienone is 1. The highest BCUT2D eigenvalue weighted by molar-refractivity contribution is 5.92. The molecule has 0 aromatic heterocycles. The summed E-state index contributed by atoms with van der Waals surface area (Å²) in [7, 11) is 1.46. The first-order valence-corrected chi connectivity index (χ1v) is 10.9. The maximum Gasteiger partial charge on any atom is 0.416 e. The molecule has 2 atom stereocenters. The Morgan fingerprint density at radius 2 is 1.91 bits per heavy atom. The van der Waals surface area contributed by atoms with E-state index in [0.717, 1.165) is 23.2 Å². The van der Waals surface area contributed by atoms with Crippen LogP contribution in [0.2, 0.25) is 0 Å². The second kappa shape index (κ2) is 10.3. The van der Waals surface area contributed by atoms with E-state index in [2.05, 4.69) is 11.9 Å². The van der Waals surface area contributed by atoms with Crippen LogP contribution in [0.3, 0.4) is 0 Å². The minimum absolute atomic E-state index is 0.0546. The number of hydrogen-bond donors (Lipinski definition) is 2. The summed E-state index contributed by atoms with van der Waals surface area (Å²) in [5.74, 6) is 3.98. The molecule has 0 aliphatic carbocycles.